The third kappa shape index (κ3) is 3.18. The van der Waals surface area contributed by atoms with Crippen molar-refractivity contribution in [3.8, 4) is 0 Å². The van der Waals surface area contributed by atoms with E-state index in [1.165, 1.54) is 9.13 Å². The molecular formula is C11H14N6O2. The van der Waals surface area contributed by atoms with Gasteiger partial charge in [0.2, 0.25) is 0 Å². The summed E-state index contributed by atoms with van der Waals surface area (Å²) in [5.74, 6) is 0.389. The first kappa shape index (κ1) is 12.8. The lowest BCUT2D eigenvalue weighted by molar-refractivity contribution is 0.531. The molecule has 2 rings (SSSR count). The van der Waals surface area contributed by atoms with Crippen LogP contribution < -0.4 is 22.8 Å². The van der Waals surface area contributed by atoms with Crippen LogP contribution >= 0.6 is 0 Å². The van der Waals surface area contributed by atoms with E-state index in [1.807, 2.05) is 0 Å². The molecule has 4 N–H and O–H groups in total. The van der Waals surface area contributed by atoms with E-state index in [4.69, 9.17) is 11.5 Å². The molecule has 0 amide bonds. The molecule has 0 bridgehead atoms. The normalized spacial score (nSPS) is 10.5. The Kier molecular flexibility index (Phi) is 3.60. The van der Waals surface area contributed by atoms with E-state index < -0.39 is 11.4 Å². The van der Waals surface area contributed by atoms with E-state index in [1.54, 1.807) is 24.5 Å². The van der Waals surface area contributed by atoms with Gasteiger partial charge in [0.05, 0.1) is 0 Å². The molecular weight excluding hydrogens is 248 g/mol. The minimum absolute atomic E-state index is 0.195. The number of aryl methyl sites for hydroxylation is 2. The second-order valence-corrected chi connectivity index (χ2v) is 4.01. The minimum atomic E-state index is -0.400. The fourth-order valence-corrected chi connectivity index (χ4v) is 1.64. The average molecular weight is 262 g/mol. The topological polar surface area (TPSA) is 122 Å². The van der Waals surface area contributed by atoms with Gasteiger partial charge in [0.15, 0.2) is 0 Å². The maximum atomic E-state index is 11.5. The molecule has 8 heteroatoms. The highest BCUT2D eigenvalue weighted by molar-refractivity contribution is 5.24. The molecule has 19 heavy (non-hydrogen) atoms. The van der Waals surface area contributed by atoms with Gasteiger partial charge in [-0.2, -0.15) is 9.97 Å². The standard InChI is InChI=1S/C11H14N6O2/c12-8-2-6-16(10(18)14-8)4-1-5-17-7-3-9(13)15-11(17)19/h2-3,6-7H,1,4-5H2,(H2,12,14,18)(H2,13,15,19). The Bertz CT molecular complexity index is 631. The molecule has 0 fully saturated rings. The fraction of sp³-hybridized carbons (Fsp3) is 0.273. The summed E-state index contributed by atoms with van der Waals surface area (Å²) in [5.41, 5.74) is 9.98. The molecule has 0 saturated carbocycles. The van der Waals surface area contributed by atoms with E-state index in [-0.39, 0.29) is 11.6 Å². The van der Waals surface area contributed by atoms with Gasteiger partial charge in [-0.15, -0.1) is 0 Å². The number of nitrogens with two attached hydrogens (primary N) is 2. The van der Waals surface area contributed by atoms with Crippen LogP contribution in [0.25, 0.3) is 0 Å². The van der Waals surface area contributed by atoms with Crippen molar-refractivity contribution in [2.24, 2.45) is 0 Å². The van der Waals surface area contributed by atoms with Gasteiger partial charge in [-0.25, -0.2) is 9.59 Å². The van der Waals surface area contributed by atoms with Crippen LogP contribution in [0.3, 0.4) is 0 Å². The van der Waals surface area contributed by atoms with Gasteiger partial charge < -0.3 is 11.5 Å². The molecule has 2 heterocycles. The van der Waals surface area contributed by atoms with Crippen LogP contribution in [0.2, 0.25) is 0 Å². The summed E-state index contributed by atoms with van der Waals surface area (Å²) in [6, 6.07) is 3.11. The number of hydrogen-bond donors (Lipinski definition) is 2. The summed E-state index contributed by atoms with van der Waals surface area (Å²) in [6.45, 7) is 0.895. The summed E-state index contributed by atoms with van der Waals surface area (Å²) in [7, 11) is 0. The van der Waals surface area contributed by atoms with Crippen LogP contribution in [0.15, 0.2) is 34.1 Å². The van der Waals surface area contributed by atoms with E-state index in [2.05, 4.69) is 9.97 Å². The summed E-state index contributed by atoms with van der Waals surface area (Å²) in [5, 5.41) is 0. The summed E-state index contributed by atoms with van der Waals surface area (Å²) in [4.78, 5) is 30.2. The molecule has 0 aromatic carbocycles. The fourth-order valence-electron chi connectivity index (χ4n) is 1.64. The van der Waals surface area contributed by atoms with Crippen LogP contribution in [0.4, 0.5) is 11.6 Å². The predicted octanol–water partition coefficient (Wildman–Crippen LogP) is -0.945. The van der Waals surface area contributed by atoms with Gasteiger partial charge in [-0.3, -0.25) is 9.13 Å². The van der Waals surface area contributed by atoms with Crippen molar-refractivity contribution in [2.75, 3.05) is 11.5 Å². The molecule has 0 aliphatic rings. The maximum absolute atomic E-state index is 11.5. The largest absolute Gasteiger partial charge is 0.383 e. The molecule has 0 aliphatic carbocycles. The van der Waals surface area contributed by atoms with Crippen molar-refractivity contribution >= 4 is 11.6 Å². The highest BCUT2D eigenvalue weighted by atomic mass is 16.1. The van der Waals surface area contributed by atoms with Crippen molar-refractivity contribution < 1.29 is 0 Å². The lowest BCUT2D eigenvalue weighted by Crippen LogP contribution is -2.26. The first-order valence-electron chi connectivity index (χ1n) is 5.72. The second kappa shape index (κ2) is 5.34. The zero-order valence-electron chi connectivity index (χ0n) is 10.2. The Hall–Kier alpha value is -2.64. The molecule has 2 aromatic rings. The van der Waals surface area contributed by atoms with Gasteiger partial charge >= 0.3 is 11.4 Å². The summed E-state index contributed by atoms with van der Waals surface area (Å²) in [6.07, 6.45) is 3.75. The SMILES string of the molecule is Nc1ccn(CCCn2ccc(N)nc2=O)c(=O)n1. The molecule has 8 nitrogen and oxygen atoms in total. The molecule has 0 atom stereocenters. The first-order chi connectivity index (χ1) is 9.06. The maximum Gasteiger partial charge on any atom is 0.349 e. The second-order valence-electron chi connectivity index (χ2n) is 4.01. The molecule has 2 aromatic heterocycles. The van der Waals surface area contributed by atoms with Crippen LogP contribution in [0, 0.1) is 0 Å². The zero-order chi connectivity index (χ0) is 13.8. The zero-order valence-corrected chi connectivity index (χ0v) is 10.2. The van der Waals surface area contributed by atoms with Crippen molar-refractivity contribution in [1.29, 1.82) is 0 Å². The van der Waals surface area contributed by atoms with Gasteiger partial charge in [0.1, 0.15) is 11.6 Å². The number of rotatable bonds is 4. The van der Waals surface area contributed by atoms with Gasteiger partial charge in [-0.1, -0.05) is 0 Å². The molecule has 0 unspecified atom stereocenters. The Balaban J connectivity index is 2.00. The first-order valence-corrected chi connectivity index (χ1v) is 5.72. The Morgan fingerprint density at radius 2 is 1.32 bits per heavy atom. The highest BCUT2D eigenvalue weighted by Gasteiger charge is 2.00. The number of nitrogen functional groups attached to an aromatic ring is 2. The molecule has 0 spiro atoms. The average Bonchev–Trinajstić information content (AvgIpc) is 2.34. The smallest absolute Gasteiger partial charge is 0.349 e. The molecule has 0 saturated heterocycles. The number of aromatic nitrogens is 4. The van der Waals surface area contributed by atoms with Crippen LogP contribution in [-0.2, 0) is 13.1 Å². The van der Waals surface area contributed by atoms with Crippen molar-refractivity contribution in [3.05, 3.63) is 45.5 Å². The van der Waals surface area contributed by atoms with E-state index in [0.29, 0.717) is 19.5 Å². The van der Waals surface area contributed by atoms with Crippen molar-refractivity contribution in [1.82, 2.24) is 19.1 Å². The minimum Gasteiger partial charge on any atom is -0.383 e. The Labute approximate surface area is 108 Å². The van der Waals surface area contributed by atoms with Gasteiger partial charge in [0, 0.05) is 25.5 Å². The number of anilines is 2. The number of nitrogens with zero attached hydrogens (tertiary/aromatic N) is 4. The third-order valence-corrected chi connectivity index (χ3v) is 2.59. The van der Waals surface area contributed by atoms with Gasteiger partial charge in [-0.05, 0) is 18.6 Å². The van der Waals surface area contributed by atoms with E-state index in [0.717, 1.165) is 0 Å². The lowest BCUT2D eigenvalue weighted by Gasteiger charge is -2.07. The van der Waals surface area contributed by atoms with Crippen LogP contribution in [-0.4, -0.2) is 19.1 Å². The van der Waals surface area contributed by atoms with Crippen molar-refractivity contribution in [3.63, 3.8) is 0 Å². The Morgan fingerprint density at radius 3 is 1.68 bits per heavy atom. The third-order valence-electron chi connectivity index (χ3n) is 2.59. The van der Waals surface area contributed by atoms with E-state index >= 15 is 0 Å². The quantitative estimate of drug-likeness (QED) is 0.733. The molecule has 100 valence electrons. The Morgan fingerprint density at radius 1 is 0.895 bits per heavy atom. The van der Waals surface area contributed by atoms with E-state index in [9.17, 15) is 9.59 Å². The predicted molar refractivity (Wildman–Crippen MR) is 70.4 cm³/mol. The monoisotopic (exact) mass is 262 g/mol. The number of hydrogen-bond acceptors (Lipinski definition) is 6. The summed E-state index contributed by atoms with van der Waals surface area (Å²) >= 11 is 0. The molecule has 0 aliphatic heterocycles. The highest BCUT2D eigenvalue weighted by Crippen LogP contribution is 1.95. The van der Waals surface area contributed by atoms with Crippen LogP contribution in [0.1, 0.15) is 6.42 Å². The molecule has 0 radical (unpaired) electrons. The summed E-state index contributed by atoms with van der Waals surface area (Å²) < 4.78 is 2.87. The van der Waals surface area contributed by atoms with Crippen molar-refractivity contribution in [2.45, 2.75) is 19.5 Å². The van der Waals surface area contributed by atoms with Gasteiger partial charge in [0.25, 0.3) is 0 Å². The lowest BCUT2D eigenvalue weighted by atomic mass is 10.4. The van der Waals surface area contributed by atoms with Crippen LogP contribution in [0.5, 0.6) is 0 Å².